The molecule has 19 heavy (non-hydrogen) atoms. The minimum absolute atomic E-state index is 0.106. The molecule has 2 atom stereocenters. The van der Waals surface area contributed by atoms with E-state index in [0.717, 1.165) is 12.1 Å². The molecule has 0 aromatic heterocycles. The molecule has 0 aliphatic heterocycles. The third-order valence-electron chi connectivity index (χ3n) is 3.42. The lowest BCUT2D eigenvalue weighted by atomic mass is 9.98. The average Bonchev–Trinajstić information content (AvgIpc) is 2.37. The van der Waals surface area contributed by atoms with Crippen LogP contribution in [0.5, 0.6) is 0 Å². The van der Waals surface area contributed by atoms with Crippen molar-refractivity contribution in [2.45, 2.75) is 52.5 Å². The maximum absolute atomic E-state index is 11.9. The van der Waals surface area contributed by atoms with Crippen LogP contribution in [0.3, 0.4) is 0 Å². The van der Waals surface area contributed by atoms with Crippen LogP contribution in [0.2, 0.25) is 0 Å². The van der Waals surface area contributed by atoms with Crippen molar-refractivity contribution in [2.75, 3.05) is 5.32 Å². The molecule has 1 amide bonds. The molecule has 1 rings (SSSR count). The lowest BCUT2D eigenvalue weighted by Crippen LogP contribution is -2.36. The van der Waals surface area contributed by atoms with Crippen LogP contribution in [0.4, 0.5) is 5.69 Å². The van der Waals surface area contributed by atoms with E-state index in [1.54, 1.807) is 0 Å². The van der Waals surface area contributed by atoms with E-state index in [1.807, 2.05) is 12.1 Å². The smallest absolute Gasteiger partial charge is 0.241 e. The highest BCUT2D eigenvalue weighted by atomic mass is 16.2. The molecule has 3 nitrogen and oxygen atoms in total. The first-order valence-corrected chi connectivity index (χ1v) is 7.10. The van der Waals surface area contributed by atoms with Gasteiger partial charge in [0.1, 0.15) is 0 Å². The number of carbonyl (C=O) groups excluding carboxylic acids is 1. The topological polar surface area (TPSA) is 55.1 Å². The van der Waals surface area contributed by atoms with Crippen molar-refractivity contribution >= 4 is 11.6 Å². The predicted molar refractivity (Wildman–Crippen MR) is 81.2 cm³/mol. The van der Waals surface area contributed by atoms with Crippen molar-refractivity contribution in [1.82, 2.24) is 0 Å². The molecule has 0 spiro atoms. The van der Waals surface area contributed by atoms with Gasteiger partial charge < -0.3 is 11.1 Å². The highest BCUT2D eigenvalue weighted by Crippen LogP contribution is 2.20. The van der Waals surface area contributed by atoms with Crippen LogP contribution >= 0.6 is 0 Å². The van der Waals surface area contributed by atoms with E-state index in [9.17, 15) is 4.79 Å². The van der Waals surface area contributed by atoms with Gasteiger partial charge in [-0.25, -0.2) is 0 Å². The van der Waals surface area contributed by atoms with Crippen LogP contribution in [0.15, 0.2) is 24.3 Å². The van der Waals surface area contributed by atoms with Crippen molar-refractivity contribution in [3.63, 3.8) is 0 Å². The number of rotatable bonds is 6. The van der Waals surface area contributed by atoms with Crippen LogP contribution in [-0.2, 0) is 4.79 Å². The lowest BCUT2D eigenvalue weighted by molar-refractivity contribution is -0.117. The van der Waals surface area contributed by atoms with Gasteiger partial charge in [0.15, 0.2) is 0 Å². The van der Waals surface area contributed by atoms with Crippen molar-refractivity contribution in [1.29, 1.82) is 0 Å². The minimum Gasteiger partial charge on any atom is -0.325 e. The first kappa shape index (κ1) is 15.7. The number of nitrogens with one attached hydrogen (secondary N) is 1. The summed E-state index contributed by atoms with van der Waals surface area (Å²) in [5.41, 5.74) is 7.97. The van der Waals surface area contributed by atoms with E-state index in [1.165, 1.54) is 5.56 Å². The lowest BCUT2D eigenvalue weighted by Gasteiger charge is -2.15. The summed E-state index contributed by atoms with van der Waals surface area (Å²) >= 11 is 0. The van der Waals surface area contributed by atoms with Gasteiger partial charge in [0.05, 0.1) is 6.04 Å². The standard InChI is InChI=1S/C16H26N2O/c1-5-12(4)13-6-8-14(9-7-13)18-16(19)15(17)10-11(2)3/h6-9,11-12,15H,5,10,17H2,1-4H3,(H,18,19)/t12?,15-/m0/s1. The van der Waals surface area contributed by atoms with E-state index in [4.69, 9.17) is 5.73 Å². The van der Waals surface area contributed by atoms with E-state index in [2.05, 4.69) is 45.1 Å². The Morgan fingerprint density at radius 2 is 1.79 bits per heavy atom. The molecule has 1 unspecified atom stereocenters. The van der Waals surface area contributed by atoms with E-state index in [-0.39, 0.29) is 5.91 Å². The fourth-order valence-corrected chi connectivity index (χ4v) is 1.98. The molecular formula is C16H26N2O. The predicted octanol–water partition coefficient (Wildman–Crippen LogP) is 3.51. The largest absolute Gasteiger partial charge is 0.325 e. The summed E-state index contributed by atoms with van der Waals surface area (Å²) in [5, 5.41) is 2.87. The van der Waals surface area contributed by atoms with Gasteiger partial charge in [0, 0.05) is 5.69 Å². The highest BCUT2D eigenvalue weighted by molar-refractivity contribution is 5.94. The van der Waals surface area contributed by atoms with Crippen LogP contribution in [0.1, 0.15) is 52.0 Å². The van der Waals surface area contributed by atoms with Crippen molar-refractivity contribution in [3.8, 4) is 0 Å². The van der Waals surface area contributed by atoms with E-state index in [0.29, 0.717) is 18.3 Å². The maximum Gasteiger partial charge on any atom is 0.241 e. The highest BCUT2D eigenvalue weighted by Gasteiger charge is 2.15. The molecule has 1 aromatic carbocycles. The van der Waals surface area contributed by atoms with Crippen LogP contribution in [0.25, 0.3) is 0 Å². The quantitative estimate of drug-likeness (QED) is 0.824. The van der Waals surface area contributed by atoms with Gasteiger partial charge in [0.2, 0.25) is 5.91 Å². The van der Waals surface area contributed by atoms with E-state index >= 15 is 0 Å². The molecule has 3 N–H and O–H groups in total. The van der Waals surface area contributed by atoms with E-state index < -0.39 is 6.04 Å². The Bertz CT molecular complexity index is 398. The molecule has 3 heteroatoms. The normalized spacial score (nSPS) is 14.2. The summed E-state index contributed by atoms with van der Waals surface area (Å²) in [6, 6.07) is 7.59. The van der Waals surface area contributed by atoms with Gasteiger partial charge in [-0.1, -0.05) is 39.8 Å². The zero-order valence-corrected chi connectivity index (χ0v) is 12.4. The van der Waals surface area contributed by atoms with Gasteiger partial charge in [-0.05, 0) is 42.4 Å². The molecule has 0 radical (unpaired) electrons. The minimum atomic E-state index is -0.436. The molecule has 0 fully saturated rings. The Morgan fingerprint density at radius 1 is 1.21 bits per heavy atom. The summed E-state index contributed by atoms with van der Waals surface area (Å²) in [5.74, 6) is 0.867. The molecular weight excluding hydrogens is 236 g/mol. The molecule has 0 heterocycles. The fourth-order valence-electron chi connectivity index (χ4n) is 1.98. The third kappa shape index (κ3) is 5.03. The third-order valence-corrected chi connectivity index (χ3v) is 3.42. The Morgan fingerprint density at radius 3 is 2.26 bits per heavy atom. The number of anilines is 1. The molecule has 0 aliphatic rings. The Hall–Kier alpha value is -1.35. The summed E-state index contributed by atoms with van der Waals surface area (Å²) in [6.45, 7) is 8.50. The molecule has 0 saturated heterocycles. The zero-order valence-electron chi connectivity index (χ0n) is 12.4. The van der Waals surface area contributed by atoms with Gasteiger partial charge in [-0.15, -0.1) is 0 Å². The molecule has 0 aliphatic carbocycles. The number of carbonyl (C=O) groups is 1. The second-order valence-corrected chi connectivity index (χ2v) is 5.66. The van der Waals surface area contributed by atoms with Crippen molar-refractivity contribution in [2.24, 2.45) is 11.7 Å². The molecule has 1 aromatic rings. The maximum atomic E-state index is 11.9. The summed E-state index contributed by atoms with van der Waals surface area (Å²) < 4.78 is 0. The molecule has 0 bridgehead atoms. The van der Waals surface area contributed by atoms with Gasteiger partial charge in [-0.2, -0.15) is 0 Å². The number of hydrogen-bond acceptors (Lipinski definition) is 2. The second kappa shape index (κ2) is 7.29. The van der Waals surface area contributed by atoms with Crippen molar-refractivity contribution in [3.05, 3.63) is 29.8 Å². The van der Waals surface area contributed by atoms with Crippen LogP contribution < -0.4 is 11.1 Å². The number of benzene rings is 1. The van der Waals surface area contributed by atoms with Gasteiger partial charge in [-0.3, -0.25) is 4.79 Å². The number of hydrogen-bond donors (Lipinski definition) is 2. The van der Waals surface area contributed by atoms with Crippen molar-refractivity contribution < 1.29 is 4.79 Å². The fraction of sp³-hybridized carbons (Fsp3) is 0.562. The molecule has 106 valence electrons. The number of nitrogens with two attached hydrogens (primary N) is 1. The average molecular weight is 262 g/mol. The summed E-state index contributed by atoms with van der Waals surface area (Å²) in [7, 11) is 0. The summed E-state index contributed by atoms with van der Waals surface area (Å²) in [4.78, 5) is 11.9. The summed E-state index contributed by atoms with van der Waals surface area (Å²) in [6.07, 6.45) is 1.82. The zero-order chi connectivity index (χ0) is 14.4. The SMILES string of the molecule is CCC(C)c1ccc(NC(=O)[C@@H](N)CC(C)C)cc1. The van der Waals surface area contributed by atoms with Crippen LogP contribution in [0, 0.1) is 5.92 Å². The van der Waals surface area contributed by atoms with Crippen LogP contribution in [-0.4, -0.2) is 11.9 Å². The monoisotopic (exact) mass is 262 g/mol. The second-order valence-electron chi connectivity index (χ2n) is 5.66. The molecule has 0 saturated carbocycles. The Labute approximate surface area is 116 Å². The number of amides is 1. The Kier molecular flexibility index (Phi) is 6.03. The first-order chi connectivity index (χ1) is 8.93. The Balaban J connectivity index is 2.60. The first-order valence-electron chi connectivity index (χ1n) is 7.10. The van der Waals surface area contributed by atoms with Gasteiger partial charge in [0.25, 0.3) is 0 Å². The van der Waals surface area contributed by atoms with Gasteiger partial charge >= 0.3 is 0 Å².